The number of carbonyl (C=O) groups is 3. The molecular weight excluding hydrogens is 556 g/mol. The number of likely N-dealkylation sites (N-methyl/N-ethyl adjacent to an activating group) is 1. The number of nitrogens with one attached hydrogen (secondary N) is 2. The van der Waals surface area contributed by atoms with Crippen LogP contribution in [-0.4, -0.2) is 52.9 Å². The third-order valence-corrected chi connectivity index (χ3v) is 7.03. The van der Waals surface area contributed by atoms with Crippen molar-refractivity contribution in [3.63, 3.8) is 0 Å². The average Bonchev–Trinajstić information content (AvgIpc) is 3.53. The zero-order valence-electron chi connectivity index (χ0n) is 24.4. The van der Waals surface area contributed by atoms with Crippen molar-refractivity contribution in [1.29, 1.82) is 0 Å². The van der Waals surface area contributed by atoms with Gasteiger partial charge >= 0.3 is 0 Å². The molecule has 0 radical (unpaired) electrons. The van der Waals surface area contributed by atoms with E-state index in [4.69, 9.17) is 4.74 Å². The predicted octanol–water partition coefficient (Wildman–Crippen LogP) is 4.60. The van der Waals surface area contributed by atoms with Crippen LogP contribution < -0.4 is 20.3 Å². The highest BCUT2D eigenvalue weighted by molar-refractivity contribution is 6.04. The molecule has 222 valence electrons. The molecule has 10 nitrogen and oxygen atoms in total. The lowest BCUT2D eigenvalue weighted by Gasteiger charge is -2.25. The number of methoxy groups -OCH3 is 1. The standard InChI is InChI=1S/C34H32N6O4/c1-39(28-17-19-29(44-2)20-18-28)34(43)30(21-24-9-5-3-6-10-24)36-32(41)23-40-22-31(37-38-40)25-13-15-27(16-14-25)35-33(42)26-11-7-4-8-12-26/h3-20,22,30H,21,23H2,1-2H3,(H,35,42)(H,36,41). The van der Waals surface area contributed by atoms with E-state index in [1.807, 2.05) is 60.7 Å². The lowest BCUT2D eigenvalue weighted by atomic mass is 10.0. The Morgan fingerprint density at radius 1 is 0.864 bits per heavy atom. The molecule has 0 spiro atoms. The first-order valence-corrected chi connectivity index (χ1v) is 14.0. The molecule has 0 fully saturated rings. The number of rotatable bonds is 11. The van der Waals surface area contributed by atoms with Crippen LogP contribution >= 0.6 is 0 Å². The van der Waals surface area contributed by atoms with Gasteiger partial charge in [-0.05, 0) is 54.1 Å². The topological polar surface area (TPSA) is 118 Å². The maximum absolute atomic E-state index is 13.6. The van der Waals surface area contributed by atoms with Gasteiger partial charge in [0.25, 0.3) is 5.91 Å². The molecule has 4 aromatic carbocycles. The first-order chi connectivity index (χ1) is 21.4. The Labute approximate surface area is 255 Å². The fourth-order valence-corrected chi connectivity index (χ4v) is 4.63. The molecule has 0 saturated carbocycles. The molecule has 2 N–H and O–H groups in total. The van der Waals surface area contributed by atoms with Crippen molar-refractivity contribution >= 4 is 29.1 Å². The van der Waals surface area contributed by atoms with Crippen LogP contribution in [0, 0.1) is 0 Å². The summed E-state index contributed by atoms with van der Waals surface area (Å²) in [4.78, 5) is 40.7. The number of hydrogen-bond donors (Lipinski definition) is 2. The van der Waals surface area contributed by atoms with Crippen LogP contribution in [0.4, 0.5) is 11.4 Å². The average molecular weight is 589 g/mol. The summed E-state index contributed by atoms with van der Waals surface area (Å²) < 4.78 is 6.64. The van der Waals surface area contributed by atoms with E-state index in [2.05, 4.69) is 20.9 Å². The highest BCUT2D eigenvalue weighted by atomic mass is 16.5. The van der Waals surface area contributed by atoms with Crippen LogP contribution in [0.1, 0.15) is 15.9 Å². The number of carbonyl (C=O) groups excluding carboxylic acids is 3. The second-order valence-corrected chi connectivity index (χ2v) is 10.1. The lowest BCUT2D eigenvalue weighted by Crippen LogP contribution is -2.49. The second kappa shape index (κ2) is 13.9. The fraction of sp³-hybridized carbons (Fsp3) is 0.147. The number of hydrogen-bond acceptors (Lipinski definition) is 6. The summed E-state index contributed by atoms with van der Waals surface area (Å²) >= 11 is 0. The molecule has 0 bridgehead atoms. The van der Waals surface area contributed by atoms with Gasteiger partial charge in [0.2, 0.25) is 11.8 Å². The van der Waals surface area contributed by atoms with Crippen molar-refractivity contribution in [2.75, 3.05) is 24.4 Å². The number of ether oxygens (including phenoxy) is 1. The summed E-state index contributed by atoms with van der Waals surface area (Å²) in [6, 6.07) is 32.0. The SMILES string of the molecule is COc1ccc(N(C)C(=O)C(Cc2ccccc2)NC(=O)Cn2cc(-c3ccc(NC(=O)c4ccccc4)cc3)nn2)cc1. The molecule has 0 aliphatic heterocycles. The van der Waals surface area contributed by atoms with Crippen LogP contribution in [0.5, 0.6) is 5.75 Å². The molecule has 0 aliphatic rings. The minimum Gasteiger partial charge on any atom is -0.497 e. The van der Waals surface area contributed by atoms with Crippen LogP contribution in [0.15, 0.2) is 115 Å². The number of amides is 3. The summed E-state index contributed by atoms with van der Waals surface area (Å²) in [5.74, 6) is -0.153. The van der Waals surface area contributed by atoms with Crippen LogP contribution in [-0.2, 0) is 22.6 Å². The first-order valence-electron chi connectivity index (χ1n) is 14.0. The van der Waals surface area contributed by atoms with Gasteiger partial charge in [-0.25, -0.2) is 4.68 Å². The second-order valence-electron chi connectivity index (χ2n) is 10.1. The summed E-state index contributed by atoms with van der Waals surface area (Å²) in [6.07, 6.45) is 1.98. The molecular formula is C34H32N6O4. The summed E-state index contributed by atoms with van der Waals surface area (Å²) in [5.41, 5.74) is 4.14. The molecule has 44 heavy (non-hydrogen) atoms. The van der Waals surface area contributed by atoms with Crippen molar-refractivity contribution in [3.05, 3.63) is 127 Å². The summed E-state index contributed by atoms with van der Waals surface area (Å²) in [7, 11) is 3.26. The van der Waals surface area contributed by atoms with Gasteiger partial charge in [0.05, 0.1) is 13.3 Å². The van der Waals surface area contributed by atoms with Crippen molar-refractivity contribution in [2.45, 2.75) is 19.0 Å². The van der Waals surface area contributed by atoms with E-state index >= 15 is 0 Å². The molecule has 3 amide bonds. The van der Waals surface area contributed by atoms with Gasteiger partial charge in [-0.1, -0.05) is 65.9 Å². The molecule has 5 aromatic rings. The van der Waals surface area contributed by atoms with Crippen molar-refractivity contribution in [1.82, 2.24) is 20.3 Å². The number of anilines is 2. The number of benzene rings is 4. The van der Waals surface area contributed by atoms with E-state index in [1.54, 1.807) is 68.9 Å². The molecule has 1 unspecified atom stereocenters. The van der Waals surface area contributed by atoms with Gasteiger partial charge in [-0.15, -0.1) is 5.10 Å². The van der Waals surface area contributed by atoms with E-state index in [-0.39, 0.29) is 24.3 Å². The third-order valence-electron chi connectivity index (χ3n) is 7.03. The molecule has 10 heteroatoms. The molecule has 0 saturated heterocycles. The monoisotopic (exact) mass is 588 g/mol. The van der Waals surface area contributed by atoms with Gasteiger partial charge in [0.1, 0.15) is 24.0 Å². The van der Waals surface area contributed by atoms with Crippen molar-refractivity contribution in [3.8, 4) is 17.0 Å². The largest absolute Gasteiger partial charge is 0.497 e. The first kappa shape index (κ1) is 29.7. The minimum absolute atomic E-state index is 0.122. The quantitative estimate of drug-likeness (QED) is 0.233. The molecule has 1 heterocycles. The third kappa shape index (κ3) is 7.54. The maximum Gasteiger partial charge on any atom is 0.255 e. The maximum atomic E-state index is 13.6. The predicted molar refractivity (Wildman–Crippen MR) is 168 cm³/mol. The van der Waals surface area contributed by atoms with Crippen LogP contribution in [0.3, 0.4) is 0 Å². The highest BCUT2D eigenvalue weighted by Crippen LogP contribution is 2.21. The Morgan fingerprint density at radius 3 is 2.18 bits per heavy atom. The Balaban J connectivity index is 1.23. The van der Waals surface area contributed by atoms with Gasteiger partial charge in [0, 0.05) is 36.0 Å². The summed E-state index contributed by atoms with van der Waals surface area (Å²) in [6.45, 7) is -0.122. The van der Waals surface area contributed by atoms with E-state index in [0.29, 0.717) is 34.8 Å². The van der Waals surface area contributed by atoms with Gasteiger partial charge < -0.3 is 20.3 Å². The molecule has 1 atom stereocenters. The zero-order chi connectivity index (χ0) is 30.9. The van der Waals surface area contributed by atoms with Crippen LogP contribution in [0.2, 0.25) is 0 Å². The highest BCUT2D eigenvalue weighted by Gasteiger charge is 2.25. The van der Waals surface area contributed by atoms with Crippen molar-refractivity contribution in [2.24, 2.45) is 0 Å². The Hall–Kier alpha value is -5.77. The van der Waals surface area contributed by atoms with Gasteiger partial charge in [-0.2, -0.15) is 0 Å². The lowest BCUT2D eigenvalue weighted by molar-refractivity contribution is -0.127. The van der Waals surface area contributed by atoms with E-state index < -0.39 is 6.04 Å². The Kier molecular flexibility index (Phi) is 9.41. The molecule has 0 aliphatic carbocycles. The Bertz CT molecular complexity index is 1700. The Morgan fingerprint density at radius 2 is 1.52 bits per heavy atom. The van der Waals surface area contributed by atoms with Gasteiger partial charge in [-0.3, -0.25) is 14.4 Å². The normalized spacial score (nSPS) is 11.3. The fourth-order valence-electron chi connectivity index (χ4n) is 4.63. The van der Waals surface area contributed by atoms with Crippen molar-refractivity contribution < 1.29 is 19.1 Å². The smallest absolute Gasteiger partial charge is 0.255 e. The van der Waals surface area contributed by atoms with E-state index in [0.717, 1.165) is 11.1 Å². The molecule has 1 aromatic heterocycles. The van der Waals surface area contributed by atoms with Crippen LogP contribution in [0.25, 0.3) is 11.3 Å². The number of nitrogens with zero attached hydrogens (tertiary/aromatic N) is 4. The zero-order valence-corrected chi connectivity index (χ0v) is 24.4. The van der Waals surface area contributed by atoms with E-state index in [9.17, 15) is 14.4 Å². The van der Waals surface area contributed by atoms with E-state index in [1.165, 1.54) is 9.58 Å². The number of aromatic nitrogens is 3. The summed E-state index contributed by atoms with van der Waals surface area (Å²) in [5, 5.41) is 14.1. The van der Waals surface area contributed by atoms with Gasteiger partial charge in [0.15, 0.2) is 0 Å². The minimum atomic E-state index is -0.807. The molecule has 5 rings (SSSR count).